The number of nitrogens with zero attached hydrogens (tertiary/aromatic N) is 2. The highest BCUT2D eigenvalue weighted by Gasteiger charge is 2.26. The summed E-state index contributed by atoms with van der Waals surface area (Å²) in [6.45, 7) is 1.63. The van der Waals surface area contributed by atoms with Crippen molar-refractivity contribution in [2.45, 2.75) is 19.8 Å². The molecule has 9 heteroatoms. The number of rotatable bonds is 5. The van der Waals surface area contributed by atoms with Crippen molar-refractivity contribution in [2.24, 2.45) is 0 Å². The molecule has 0 amide bonds. The van der Waals surface area contributed by atoms with Crippen molar-refractivity contribution in [3.05, 3.63) is 27.3 Å². The predicted octanol–water partition coefficient (Wildman–Crippen LogP) is 1.62. The highest BCUT2D eigenvalue weighted by molar-refractivity contribution is 5.74. The first-order valence-electron chi connectivity index (χ1n) is 5.24. The Kier molecular flexibility index (Phi) is 4.67. The summed E-state index contributed by atoms with van der Waals surface area (Å²) in [7, 11) is 0. The minimum absolute atomic E-state index is 0.0749. The fourth-order valence-electron chi connectivity index (χ4n) is 1.47. The van der Waals surface area contributed by atoms with Gasteiger partial charge < -0.3 is 20.6 Å². The molecule has 19 heavy (non-hydrogen) atoms. The van der Waals surface area contributed by atoms with Gasteiger partial charge in [-0.1, -0.05) is 0 Å². The van der Waals surface area contributed by atoms with Gasteiger partial charge in [-0.2, -0.15) is 0 Å². The van der Waals surface area contributed by atoms with Crippen molar-refractivity contribution >= 4 is 17.6 Å². The van der Waals surface area contributed by atoms with Crippen LogP contribution in [0.4, 0.5) is 20.4 Å². The Morgan fingerprint density at radius 2 is 2.26 bits per heavy atom. The number of nitrogens with two attached hydrogens (primary N) is 1. The highest BCUT2D eigenvalue weighted by Crippen LogP contribution is 2.30. The van der Waals surface area contributed by atoms with Gasteiger partial charge in [-0.05, 0) is 22.4 Å². The first-order valence-corrected chi connectivity index (χ1v) is 5.24. The van der Waals surface area contributed by atoms with Gasteiger partial charge in [-0.15, -0.1) is 0 Å². The van der Waals surface area contributed by atoms with E-state index in [0.717, 1.165) is 6.07 Å². The Morgan fingerprint density at radius 1 is 1.63 bits per heavy atom. The molecule has 0 unspecified atom stereocenters. The van der Waals surface area contributed by atoms with Gasteiger partial charge in [0.05, 0.1) is 18.6 Å². The van der Waals surface area contributed by atoms with Crippen molar-refractivity contribution in [2.75, 3.05) is 12.3 Å². The topological polar surface area (TPSA) is 108 Å². The molecule has 7 nitrogen and oxygen atoms in total. The molecule has 1 heterocycles. The van der Waals surface area contributed by atoms with Crippen LogP contribution < -0.4 is 5.73 Å². The molecule has 2 N–H and O–H groups in total. The molecule has 1 aromatic heterocycles. The van der Waals surface area contributed by atoms with Crippen LogP contribution in [-0.4, -0.2) is 22.5 Å². The Hall–Kier alpha value is -2.32. The first kappa shape index (κ1) is 14.7. The fourth-order valence-corrected chi connectivity index (χ4v) is 1.47. The van der Waals surface area contributed by atoms with Gasteiger partial charge in [-0.3, -0.25) is 4.79 Å². The number of hydrogen-bond acceptors (Lipinski definition) is 6. The van der Waals surface area contributed by atoms with Gasteiger partial charge in [0.15, 0.2) is 0 Å². The molecule has 0 aliphatic carbocycles. The lowest BCUT2D eigenvalue weighted by Crippen LogP contribution is -2.12. The van der Waals surface area contributed by atoms with Crippen LogP contribution in [0.25, 0.3) is 0 Å². The zero-order valence-electron chi connectivity index (χ0n) is 9.93. The van der Waals surface area contributed by atoms with Gasteiger partial charge in [0.25, 0.3) is 6.43 Å². The third-order valence-corrected chi connectivity index (χ3v) is 2.21. The predicted molar refractivity (Wildman–Crippen MR) is 60.6 cm³/mol. The van der Waals surface area contributed by atoms with E-state index < -0.39 is 40.9 Å². The Bertz CT molecular complexity index is 508. The summed E-state index contributed by atoms with van der Waals surface area (Å²) in [6.07, 6.45) is -3.51. The number of pyridine rings is 1. The van der Waals surface area contributed by atoms with Crippen LogP contribution in [0.5, 0.6) is 0 Å². The summed E-state index contributed by atoms with van der Waals surface area (Å²) in [5, 5.41) is 10.6. The molecule has 0 bridgehead atoms. The van der Waals surface area contributed by atoms with Crippen LogP contribution in [0.2, 0.25) is 0 Å². The SMILES string of the molecule is CCOC(=O)Cc1cc([N+](=O)[O-])nc(N)c1C(F)F. The summed E-state index contributed by atoms with van der Waals surface area (Å²) >= 11 is 0. The number of hydrogen-bond donors (Lipinski definition) is 1. The van der Waals surface area contributed by atoms with E-state index >= 15 is 0 Å². The average Bonchev–Trinajstić information content (AvgIpc) is 2.27. The maximum absolute atomic E-state index is 12.8. The van der Waals surface area contributed by atoms with Crippen molar-refractivity contribution in [1.29, 1.82) is 0 Å². The molecule has 0 radical (unpaired) electrons. The van der Waals surface area contributed by atoms with E-state index in [2.05, 4.69) is 9.72 Å². The van der Waals surface area contributed by atoms with Gasteiger partial charge >= 0.3 is 11.8 Å². The highest BCUT2D eigenvalue weighted by atomic mass is 19.3. The monoisotopic (exact) mass is 275 g/mol. The van der Waals surface area contributed by atoms with E-state index in [9.17, 15) is 23.7 Å². The van der Waals surface area contributed by atoms with E-state index in [1.807, 2.05) is 0 Å². The van der Waals surface area contributed by atoms with Crippen LogP contribution in [0.15, 0.2) is 6.07 Å². The molecule has 0 saturated carbocycles. The van der Waals surface area contributed by atoms with Gasteiger partial charge in [0.2, 0.25) is 5.82 Å². The number of nitro groups is 1. The average molecular weight is 275 g/mol. The quantitative estimate of drug-likeness (QED) is 0.497. The summed E-state index contributed by atoms with van der Waals surface area (Å²) < 4.78 is 30.2. The number of aromatic nitrogens is 1. The number of alkyl halides is 2. The summed E-state index contributed by atoms with van der Waals surface area (Å²) in [6, 6.07) is 0.800. The van der Waals surface area contributed by atoms with E-state index in [0.29, 0.717) is 0 Å². The number of anilines is 1. The van der Waals surface area contributed by atoms with Crippen molar-refractivity contribution in [3.63, 3.8) is 0 Å². The van der Waals surface area contributed by atoms with Crippen LogP contribution in [0.3, 0.4) is 0 Å². The second-order valence-corrected chi connectivity index (χ2v) is 3.48. The molecule has 0 aromatic carbocycles. The number of ether oxygens (including phenoxy) is 1. The number of nitrogen functional groups attached to an aromatic ring is 1. The van der Waals surface area contributed by atoms with Gasteiger partial charge in [0.1, 0.15) is 0 Å². The van der Waals surface area contributed by atoms with Gasteiger partial charge in [-0.25, -0.2) is 8.78 Å². The van der Waals surface area contributed by atoms with Gasteiger partial charge in [0, 0.05) is 6.07 Å². The molecular formula is C10H11F2N3O4. The Labute approximate surface area is 106 Å². The Morgan fingerprint density at radius 3 is 2.74 bits per heavy atom. The van der Waals surface area contributed by atoms with E-state index in [1.54, 1.807) is 6.92 Å². The molecule has 0 aliphatic heterocycles. The first-order chi connectivity index (χ1) is 8.86. The maximum Gasteiger partial charge on any atom is 0.366 e. The molecule has 104 valence electrons. The number of carbonyl (C=O) groups is 1. The number of carbonyl (C=O) groups excluding carboxylic acids is 1. The van der Waals surface area contributed by atoms with Crippen molar-refractivity contribution in [3.8, 4) is 0 Å². The number of esters is 1. The molecule has 1 rings (SSSR count). The van der Waals surface area contributed by atoms with Crippen molar-refractivity contribution in [1.82, 2.24) is 4.98 Å². The lowest BCUT2D eigenvalue weighted by Gasteiger charge is -2.08. The molecular weight excluding hydrogens is 264 g/mol. The molecule has 0 saturated heterocycles. The maximum atomic E-state index is 12.8. The second-order valence-electron chi connectivity index (χ2n) is 3.48. The third kappa shape index (κ3) is 3.57. The third-order valence-electron chi connectivity index (χ3n) is 2.21. The largest absolute Gasteiger partial charge is 0.466 e. The Balaban J connectivity index is 3.24. The van der Waals surface area contributed by atoms with Crippen LogP contribution in [-0.2, 0) is 16.0 Å². The summed E-state index contributed by atoms with van der Waals surface area (Å²) in [4.78, 5) is 24.2. The fraction of sp³-hybridized carbons (Fsp3) is 0.400. The number of halogens is 2. The zero-order valence-corrected chi connectivity index (χ0v) is 9.93. The summed E-state index contributed by atoms with van der Waals surface area (Å²) in [5.41, 5.74) is 4.32. The molecule has 1 aromatic rings. The lowest BCUT2D eigenvalue weighted by atomic mass is 10.1. The second kappa shape index (κ2) is 6.03. The van der Waals surface area contributed by atoms with E-state index in [1.165, 1.54) is 0 Å². The molecule has 0 spiro atoms. The normalized spacial score (nSPS) is 10.5. The molecule has 0 fully saturated rings. The van der Waals surface area contributed by atoms with E-state index in [4.69, 9.17) is 5.73 Å². The minimum atomic E-state index is -2.99. The van der Waals surface area contributed by atoms with Crippen molar-refractivity contribution < 1.29 is 23.2 Å². The molecule has 0 aliphatic rings. The zero-order chi connectivity index (χ0) is 14.6. The summed E-state index contributed by atoms with van der Waals surface area (Å²) in [5.74, 6) is -2.13. The smallest absolute Gasteiger partial charge is 0.366 e. The van der Waals surface area contributed by atoms with E-state index in [-0.39, 0.29) is 12.2 Å². The van der Waals surface area contributed by atoms with Crippen LogP contribution in [0, 0.1) is 10.1 Å². The van der Waals surface area contributed by atoms with Crippen LogP contribution in [0.1, 0.15) is 24.5 Å². The lowest BCUT2D eigenvalue weighted by molar-refractivity contribution is -0.389. The van der Waals surface area contributed by atoms with Crippen LogP contribution >= 0.6 is 0 Å². The minimum Gasteiger partial charge on any atom is -0.466 e. The molecule has 0 atom stereocenters. The standard InChI is InChI=1S/C10H11F2N3O4/c1-2-19-7(16)4-5-3-6(15(17)18)14-10(13)8(5)9(11)12/h3,9H,2,4H2,1H3,(H2,13,14).